The van der Waals surface area contributed by atoms with Gasteiger partial charge in [-0.25, -0.2) is 9.78 Å². The minimum absolute atomic E-state index is 0.0196. The summed E-state index contributed by atoms with van der Waals surface area (Å²) in [4.78, 5) is 16.2. The number of allylic oxidation sites excluding steroid dienone is 1. The van der Waals surface area contributed by atoms with Gasteiger partial charge in [0.2, 0.25) is 0 Å². The van der Waals surface area contributed by atoms with Crippen LogP contribution in [0.15, 0.2) is 54.3 Å². The van der Waals surface area contributed by atoms with Gasteiger partial charge in [0, 0.05) is 0 Å². The van der Waals surface area contributed by atoms with Crippen LogP contribution in [0.4, 0.5) is 0 Å². The Bertz CT molecular complexity index is 984. The molecule has 0 saturated carbocycles. The third-order valence-corrected chi connectivity index (χ3v) is 4.43. The van der Waals surface area contributed by atoms with E-state index < -0.39 is 18.3 Å². The Hall–Kier alpha value is -3.37. The second-order valence-electron chi connectivity index (χ2n) is 5.01. The molecule has 25 heavy (non-hydrogen) atoms. The van der Waals surface area contributed by atoms with Crippen LogP contribution in [-0.4, -0.2) is 27.8 Å². The molecule has 6 nitrogen and oxygen atoms in total. The summed E-state index contributed by atoms with van der Waals surface area (Å²) < 4.78 is 5.85. The zero-order valence-electron chi connectivity index (χ0n) is 12.8. The highest BCUT2D eigenvalue weighted by atomic mass is 32.1. The van der Waals surface area contributed by atoms with Crippen molar-refractivity contribution >= 4 is 33.1 Å². The summed E-state index contributed by atoms with van der Waals surface area (Å²) in [5.41, 5.74) is 0.648. The molecule has 0 spiro atoms. The van der Waals surface area contributed by atoms with E-state index in [0.717, 1.165) is 4.70 Å². The number of carbonyl (C=O) groups excluding carboxylic acids is 1. The van der Waals surface area contributed by atoms with Crippen molar-refractivity contribution < 1.29 is 19.7 Å². The van der Waals surface area contributed by atoms with Crippen molar-refractivity contribution in [1.82, 2.24) is 4.98 Å². The number of para-hydroxylation sites is 2. The first kappa shape index (κ1) is 16.5. The van der Waals surface area contributed by atoms with Crippen molar-refractivity contribution in [2.45, 2.75) is 0 Å². The van der Waals surface area contributed by atoms with Crippen molar-refractivity contribution in [3.63, 3.8) is 0 Å². The molecule has 0 aliphatic carbocycles. The van der Waals surface area contributed by atoms with Crippen molar-refractivity contribution in [3.8, 4) is 11.8 Å². The Kier molecular flexibility index (Phi) is 4.64. The summed E-state index contributed by atoms with van der Waals surface area (Å²) in [5, 5.41) is 29.4. The number of thiazole rings is 1. The number of esters is 1. The maximum atomic E-state index is 11.9. The molecular formula is C18H12N2O4S. The average molecular weight is 352 g/mol. The van der Waals surface area contributed by atoms with E-state index in [1.54, 1.807) is 18.2 Å². The van der Waals surface area contributed by atoms with Gasteiger partial charge in [-0.15, -0.1) is 11.3 Å². The van der Waals surface area contributed by atoms with Gasteiger partial charge in [0.05, 0.1) is 10.2 Å². The van der Waals surface area contributed by atoms with Crippen LogP contribution in [0.25, 0.3) is 15.8 Å². The van der Waals surface area contributed by atoms with Crippen molar-refractivity contribution in [2.75, 3.05) is 6.61 Å². The number of aromatic nitrogens is 1. The molecule has 1 heterocycles. The predicted molar refractivity (Wildman–Crippen MR) is 93.2 cm³/mol. The molecule has 3 rings (SSSR count). The fraction of sp³-hybridized carbons (Fsp3) is 0.0556. The molecule has 0 aliphatic rings. The number of fused-ring (bicyclic) bond motifs is 1. The lowest BCUT2D eigenvalue weighted by Crippen LogP contribution is -2.09. The van der Waals surface area contributed by atoms with Gasteiger partial charge in [-0.3, -0.25) is 0 Å². The first-order valence-electron chi connectivity index (χ1n) is 7.23. The molecule has 0 amide bonds. The van der Waals surface area contributed by atoms with E-state index in [9.17, 15) is 20.3 Å². The van der Waals surface area contributed by atoms with Crippen LogP contribution >= 0.6 is 11.3 Å². The standard InChI is InChI=1S/C18H12N2O4S/c19-9-12(17-20-13-6-2-4-8-16(13)25-17)15(22)10-24-18(23)11-5-1-3-7-14(11)21/h1-8,21-22H,10H2. The average Bonchev–Trinajstić information content (AvgIpc) is 3.04. The van der Waals surface area contributed by atoms with E-state index in [1.807, 2.05) is 24.3 Å². The van der Waals surface area contributed by atoms with Crippen LogP contribution < -0.4 is 0 Å². The summed E-state index contributed by atoms with van der Waals surface area (Å²) in [7, 11) is 0. The fourth-order valence-electron chi connectivity index (χ4n) is 2.15. The highest BCUT2D eigenvalue weighted by Crippen LogP contribution is 2.28. The van der Waals surface area contributed by atoms with Crippen molar-refractivity contribution in [2.24, 2.45) is 0 Å². The molecule has 124 valence electrons. The van der Waals surface area contributed by atoms with E-state index in [0.29, 0.717) is 10.5 Å². The summed E-state index contributed by atoms with van der Waals surface area (Å²) in [6.45, 7) is -0.494. The number of aromatic hydroxyl groups is 1. The summed E-state index contributed by atoms with van der Waals surface area (Å²) in [6, 6.07) is 15.1. The quantitative estimate of drug-likeness (QED) is 0.422. The fourth-order valence-corrected chi connectivity index (χ4v) is 3.13. The molecule has 2 aromatic carbocycles. The van der Waals surface area contributed by atoms with Gasteiger partial charge in [-0.1, -0.05) is 24.3 Å². The summed E-state index contributed by atoms with van der Waals surface area (Å²) >= 11 is 1.26. The number of hydrogen-bond acceptors (Lipinski definition) is 7. The van der Waals surface area contributed by atoms with Gasteiger partial charge in [0.25, 0.3) is 0 Å². The largest absolute Gasteiger partial charge is 0.507 e. The van der Waals surface area contributed by atoms with E-state index >= 15 is 0 Å². The number of nitriles is 1. The molecule has 7 heteroatoms. The third-order valence-electron chi connectivity index (χ3n) is 3.37. The van der Waals surface area contributed by atoms with Crippen LogP contribution in [0.2, 0.25) is 0 Å². The lowest BCUT2D eigenvalue weighted by molar-refractivity contribution is 0.0499. The Morgan fingerprint density at radius 1 is 1.20 bits per heavy atom. The lowest BCUT2D eigenvalue weighted by atomic mass is 10.2. The normalized spacial score (nSPS) is 11.6. The Morgan fingerprint density at radius 2 is 1.92 bits per heavy atom. The van der Waals surface area contributed by atoms with Crippen LogP contribution in [0, 0.1) is 11.3 Å². The minimum Gasteiger partial charge on any atom is -0.507 e. The highest BCUT2D eigenvalue weighted by molar-refractivity contribution is 7.19. The number of nitrogens with zero attached hydrogens (tertiary/aromatic N) is 2. The zero-order chi connectivity index (χ0) is 17.8. The Labute approximate surface area is 146 Å². The van der Waals surface area contributed by atoms with Gasteiger partial charge in [-0.05, 0) is 24.3 Å². The summed E-state index contributed by atoms with van der Waals surface area (Å²) in [5.74, 6) is -1.42. The van der Waals surface area contributed by atoms with Crippen molar-refractivity contribution in [1.29, 1.82) is 5.26 Å². The van der Waals surface area contributed by atoms with Gasteiger partial charge >= 0.3 is 5.97 Å². The number of benzene rings is 2. The second kappa shape index (κ2) is 7.03. The van der Waals surface area contributed by atoms with E-state index in [2.05, 4.69) is 4.98 Å². The molecule has 0 aliphatic heterocycles. The maximum absolute atomic E-state index is 11.9. The molecule has 2 N–H and O–H groups in total. The first-order valence-corrected chi connectivity index (χ1v) is 8.05. The molecule has 1 aromatic heterocycles. The van der Waals surface area contributed by atoms with Gasteiger partial charge in [-0.2, -0.15) is 5.26 Å². The van der Waals surface area contributed by atoms with Gasteiger partial charge in [0.1, 0.15) is 34.6 Å². The van der Waals surface area contributed by atoms with Crippen LogP contribution in [0.5, 0.6) is 5.75 Å². The van der Waals surface area contributed by atoms with Crippen LogP contribution in [-0.2, 0) is 4.74 Å². The van der Waals surface area contributed by atoms with E-state index in [1.165, 1.54) is 23.5 Å². The number of rotatable bonds is 4. The number of ether oxygens (including phenoxy) is 1. The first-order chi connectivity index (χ1) is 12.1. The van der Waals surface area contributed by atoms with E-state index in [-0.39, 0.29) is 16.9 Å². The Balaban J connectivity index is 1.81. The number of aliphatic hydroxyl groups excluding tert-OH is 1. The summed E-state index contributed by atoms with van der Waals surface area (Å²) in [6.07, 6.45) is 0. The number of phenols is 1. The van der Waals surface area contributed by atoms with Gasteiger partial charge in [0.15, 0.2) is 5.76 Å². The third kappa shape index (κ3) is 3.44. The lowest BCUT2D eigenvalue weighted by Gasteiger charge is -2.06. The molecule has 0 fully saturated rings. The number of hydrogen-bond donors (Lipinski definition) is 2. The highest BCUT2D eigenvalue weighted by Gasteiger charge is 2.17. The Morgan fingerprint density at radius 3 is 2.64 bits per heavy atom. The number of phenolic OH excluding ortho intramolecular Hbond substituents is 1. The SMILES string of the molecule is N#CC(=C(O)COC(=O)c1ccccc1O)c1nc2ccccc2s1. The molecule has 0 saturated heterocycles. The minimum atomic E-state index is -0.800. The van der Waals surface area contributed by atoms with Crippen LogP contribution in [0.3, 0.4) is 0 Å². The number of carbonyl (C=O) groups is 1. The maximum Gasteiger partial charge on any atom is 0.342 e. The molecule has 0 unspecified atom stereocenters. The molecular weight excluding hydrogens is 340 g/mol. The smallest absolute Gasteiger partial charge is 0.342 e. The van der Waals surface area contributed by atoms with E-state index in [4.69, 9.17) is 4.74 Å². The molecule has 3 aromatic rings. The number of aliphatic hydroxyl groups is 1. The molecule has 0 atom stereocenters. The molecule has 0 radical (unpaired) electrons. The zero-order valence-corrected chi connectivity index (χ0v) is 13.7. The molecule has 0 bridgehead atoms. The second-order valence-corrected chi connectivity index (χ2v) is 6.04. The topological polar surface area (TPSA) is 103 Å². The van der Waals surface area contributed by atoms with Crippen LogP contribution in [0.1, 0.15) is 15.4 Å². The van der Waals surface area contributed by atoms with Gasteiger partial charge < -0.3 is 14.9 Å². The monoisotopic (exact) mass is 352 g/mol. The predicted octanol–water partition coefficient (Wildman–Crippen LogP) is 3.65. The van der Waals surface area contributed by atoms with Crippen molar-refractivity contribution in [3.05, 3.63) is 64.9 Å².